The van der Waals surface area contributed by atoms with Gasteiger partial charge < -0.3 is 10.4 Å². The van der Waals surface area contributed by atoms with E-state index in [0.717, 1.165) is 5.52 Å². The summed E-state index contributed by atoms with van der Waals surface area (Å²) in [7, 11) is 0. The van der Waals surface area contributed by atoms with Gasteiger partial charge in [0.15, 0.2) is 0 Å². The fraction of sp³-hybridized carbons (Fsp3) is 0.357. The molecule has 0 unspecified atom stereocenters. The molecule has 1 atom stereocenters. The van der Waals surface area contributed by atoms with E-state index >= 15 is 0 Å². The SMILES string of the molecule is CC(C)[C@@H](CO)NC(=O)c1cnc2ccccc2n1. The average Bonchev–Trinajstić information content (AvgIpc) is 2.43. The van der Waals surface area contributed by atoms with Crippen LogP contribution in [0.5, 0.6) is 0 Å². The number of amides is 1. The van der Waals surface area contributed by atoms with E-state index in [2.05, 4.69) is 15.3 Å². The van der Waals surface area contributed by atoms with E-state index in [9.17, 15) is 9.90 Å². The van der Waals surface area contributed by atoms with Crippen LogP contribution < -0.4 is 5.32 Å². The second-order valence-corrected chi connectivity index (χ2v) is 4.75. The summed E-state index contributed by atoms with van der Waals surface area (Å²) in [5, 5.41) is 12.0. The number of aliphatic hydroxyl groups is 1. The lowest BCUT2D eigenvalue weighted by Crippen LogP contribution is -2.41. The number of hydrogen-bond acceptors (Lipinski definition) is 4. The summed E-state index contributed by atoms with van der Waals surface area (Å²) in [6.07, 6.45) is 1.45. The Bertz CT molecular complexity index is 584. The lowest BCUT2D eigenvalue weighted by Gasteiger charge is -2.19. The number of nitrogens with zero attached hydrogens (tertiary/aromatic N) is 2. The zero-order valence-electron chi connectivity index (χ0n) is 11.0. The maximum atomic E-state index is 12.0. The highest BCUT2D eigenvalue weighted by atomic mass is 16.3. The second-order valence-electron chi connectivity index (χ2n) is 4.75. The van der Waals surface area contributed by atoms with E-state index in [-0.39, 0.29) is 30.2 Å². The number of benzene rings is 1. The molecule has 0 spiro atoms. The van der Waals surface area contributed by atoms with Crippen LogP contribution in [0.1, 0.15) is 24.3 Å². The summed E-state index contributed by atoms with van der Waals surface area (Å²) in [5.41, 5.74) is 1.69. The van der Waals surface area contributed by atoms with Crippen molar-refractivity contribution in [1.29, 1.82) is 0 Å². The van der Waals surface area contributed by atoms with Crippen LogP contribution >= 0.6 is 0 Å². The van der Waals surface area contributed by atoms with Crippen LogP contribution in [0.4, 0.5) is 0 Å². The highest BCUT2D eigenvalue weighted by molar-refractivity contribution is 5.93. The van der Waals surface area contributed by atoms with Crippen LogP contribution in [0.3, 0.4) is 0 Å². The van der Waals surface area contributed by atoms with Gasteiger partial charge in [0.05, 0.1) is 29.9 Å². The topological polar surface area (TPSA) is 75.1 Å². The first-order chi connectivity index (χ1) is 9.11. The Morgan fingerprint density at radius 1 is 1.32 bits per heavy atom. The van der Waals surface area contributed by atoms with Gasteiger partial charge in [-0.3, -0.25) is 9.78 Å². The Labute approximate surface area is 111 Å². The minimum atomic E-state index is -0.314. The predicted molar refractivity (Wildman–Crippen MR) is 72.7 cm³/mol. The van der Waals surface area contributed by atoms with Crippen LogP contribution in [0.2, 0.25) is 0 Å². The highest BCUT2D eigenvalue weighted by Gasteiger charge is 2.17. The van der Waals surface area contributed by atoms with Gasteiger partial charge in [-0.1, -0.05) is 26.0 Å². The first kappa shape index (κ1) is 13.4. The van der Waals surface area contributed by atoms with Crippen molar-refractivity contribution in [1.82, 2.24) is 15.3 Å². The van der Waals surface area contributed by atoms with Crippen LogP contribution in [0.15, 0.2) is 30.5 Å². The molecule has 0 radical (unpaired) electrons. The molecule has 5 nitrogen and oxygen atoms in total. The van der Waals surface area contributed by atoms with Gasteiger partial charge in [-0.15, -0.1) is 0 Å². The summed E-state index contributed by atoms with van der Waals surface area (Å²) in [5.74, 6) is -0.159. The lowest BCUT2D eigenvalue weighted by atomic mass is 10.1. The molecule has 0 bridgehead atoms. The third kappa shape index (κ3) is 3.06. The zero-order valence-corrected chi connectivity index (χ0v) is 11.0. The molecule has 5 heteroatoms. The minimum Gasteiger partial charge on any atom is -0.394 e. The van der Waals surface area contributed by atoms with Crippen molar-refractivity contribution in [3.63, 3.8) is 0 Å². The average molecular weight is 259 g/mol. The number of carbonyl (C=O) groups excluding carboxylic acids is 1. The normalized spacial score (nSPS) is 12.6. The van der Waals surface area contributed by atoms with Gasteiger partial charge >= 0.3 is 0 Å². The summed E-state index contributed by atoms with van der Waals surface area (Å²) in [4.78, 5) is 20.5. The first-order valence-electron chi connectivity index (χ1n) is 6.25. The summed E-state index contributed by atoms with van der Waals surface area (Å²) in [6.45, 7) is 3.78. The molecular formula is C14H17N3O2. The van der Waals surface area contributed by atoms with E-state index in [4.69, 9.17) is 0 Å². The van der Waals surface area contributed by atoms with Crippen LogP contribution in [0, 0.1) is 5.92 Å². The standard InChI is InChI=1S/C14H17N3O2/c1-9(2)13(8-18)17-14(19)12-7-15-10-5-3-4-6-11(10)16-12/h3-7,9,13,18H,8H2,1-2H3,(H,17,19)/t13-/m1/s1. The van der Waals surface area contributed by atoms with Crippen molar-refractivity contribution in [3.8, 4) is 0 Å². The molecule has 0 aliphatic rings. The number of aromatic nitrogens is 2. The molecule has 2 aromatic rings. The minimum absolute atomic E-state index is 0.0928. The Morgan fingerprint density at radius 3 is 2.63 bits per heavy atom. The van der Waals surface area contributed by atoms with E-state index in [1.165, 1.54) is 6.20 Å². The molecule has 0 aliphatic heterocycles. The summed E-state index contributed by atoms with van der Waals surface area (Å²) >= 11 is 0. The maximum Gasteiger partial charge on any atom is 0.271 e. The Hall–Kier alpha value is -2.01. The molecule has 1 aromatic heterocycles. The largest absolute Gasteiger partial charge is 0.394 e. The molecule has 0 saturated heterocycles. The molecule has 0 aliphatic carbocycles. The van der Waals surface area contributed by atoms with Gasteiger partial charge in [-0.05, 0) is 18.1 Å². The van der Waals surface area contributed by atoms with Crippen molar-refractivity contribution < 1.29 is 9.90 Å². The number of hydrogen-bond donors (Lipinski definition) is 2. The Kier molecular flexibility index (Phi) is 4.06. The van der Waals surface area contributed by atoms with Gasteiger partial charge in [0.1, 0.15) is 5.69 Å². The number of nitrogens with one attached hydrogen (secondary N) is 1. The zero-order chi connectivity index (χ0) is 13.8. The van der Waals surface area contributed by atoms with Gasteiger partial charge in [0, 0.05) is 0 Å². The lowest BCUT2D eigenvalue weighted by molar-refractivity contribution is 0.0892. The fourth-order valence-electron chi connectivity index (χ4n) is 1.73. The summed E-state index contributed by atoms with van der Waals surface area (Å²) in [6, 6.07) is 7.10. The summed E-state index contributed by atoms with van der Waals surface area (Å²) < 4.78 is 0. The molecule has 100 valence electrons. The van der Waals surface area contributed by atoms with Gasteiger partial charge in [-0.25, -0.2) is 4.98 Å². The molecule has 1 heterocycles. The Balaban J connectivity index is 2.21. The van der Waals surface area contributed by atoms with Gasteiger partial charge in [0.2, 0.25) is 0 Å². The number of para-hydroxylation sites is 2. The third-order valence-electron chi connectivity index (χ3n) is 3.00. The van der Waals surface area contributed by atoms with E-state index in [1.54, 1.807) is 0 Å². The quantitative estimate of drug-likeness (QED) is 0.869. The first-order valence-corrected chi connectivity index (χ1v) is 6.25. The van der Waals surface area contributed by atoms with E-state index in [0.29, 0.717) is 5.52 Å². The molecule has 2 N–H and O–H groups in total. The van der Waals surface area contributed by atoms with E-state index < -0.39 is 0 Å². The van der Waals surface area contributed by atoms with E-state index in [1.807, 2.05) is 38.1 Å². The predicted octanol–water partition coefficient (Wildman–Crippen LogP) is 1.38. The van der Waals surface area contributed by atoms with Crippen molar-refractivity contribution in [2.75, 3.05) is 6.61 Å². The molecule has 1 amide bonds. The molecular weight excluding hydrogens is 242 g/mol. The number of aliphatic hydroxyl groups excluding tert-OH is 1. The van der Waals surface area contributed by atoms with Crippen LogP contribution in [-0.2, 0) is 0 Å². The number of rotatable bonds is 4. The van der Waals surface area contributed by atoms with Crippen molar-refractivity contribution >= 4 is 16.9 Å². The van der Waals surface area contributed by atoms with Crippen molar-refractivity contribution in [2.45, 2.75) is 19.9 Å². The van der Waals surface area contributed by atoms with Crippen LogP contribution in [0.25, 0.3) is 11.0 Å². The highest BCUT2D eigenvalue weighted by Crippen LogP contribution is 2.09. The third-order valence-corrected chi connectivity index (χ3v) is 3.00. The van der Waals surface area contributed by atoms with Gasteiger partial charge in [-0.2, -0.15) is 0 Å². The van der Waals surface area contributed by atoms with Crippen molar-refractivity contribution in [2.24, 2.45) is 5.92 Å². The monoisotopic (exact) mass is 259 g/mol. The van der Waals surface area contributed by atoms with Crippen LogP contribution in [-0.4, -0.2) is 33.6 Å². The molecule has 2 rings (SSSR count). The molecule has 0 fully saturated rings. The second kappa shape index (κ2) is 5.75. The molecule has 19 heavy (non-hydrogen) atoms. The Morgan fingerprint density at radius 2 is 2.00 bits per heavy atom. The number of fused-ring (bicyclic) bond motifs is 1. The maximum absolute atomic E-state index is 12.0. The molecule has 0 saturated carbocycles. The molecule has 1 aromatic carbocycles. The smallest absolute Gasteiger partial charge is 0.271 e. The van der Waals surface area contributed by atoms with Crippen molar-refractivity contribution in [3.05, 3.63) is 36.2 Å². The number of carbonyl (C=O) groups is 1. The van der Waals surface area contributed by atoms with Gasteiger partial charge in [0.25, 0.3) is 5.91 Å². The fourth-order valence-corrected chi connectivity index (χ4v) is 1.73.